The molecule has 2 saturated heterocycles. The zero-order valence-corrected chi connectivity index (χ0v) is 18.1. The first-order chi connectivity index (χ1) is 9.99. The van der Waals surface area contributed by atoms with Crippen molar-refractivity contribution in [3.8, 4) is 0 Å². The molecule has 0 aromatic rings. The summed E-state index contributed by atoms with van der Waals surface area (Å²) >= 11 is 0. The van der Waals surface area contributed by atoms with Gasteiger partial charge in [-0.2, -0.15) is 0 Å². The molecule has 1 N–H and O–H groups in total. The molecule has 0 unspecified atom stereocenters. The molecule has 3 nitrogen and oxygen atoms in total. The summed E-state index contributed by atoms with van der Waals surface area (Å²) in [5.41, 5.74) is 1.06. The van der Waals surface area contributed by atoms with Crippen LogP contribution in [0, 0.1) is 5.41 Å². The molecule has 1 spiro atoms. The Hall–Kier alpha value is 0.750. The number of hydrogen-bond acceptors (Lipinski definition) is 3. The third-order valence-electron chi connectivity index (χ3n) is 6.46. The van der Waals surface area contributed by atoms with Crippen LogP contribution in [0.25, 0.3) is 0 Å². The standard InChI is InChI=1S/C18H35N3.3ClH/c1-17(2,3)21-14-12-20(13-15-21)16-4-6-18(7-5-16)8-10-19-11-9-18;;;/h16,19H,4-15H2,1-3H3;3*1H. The van der Waals surface area contributed by atoms with E-state index < -0.39 is 0 Å². The molecule has 3 fully saturated rings. The van der Waals surface area contributed by atoms with Crippen LogP contribution in [-0.2, 0) is 0 Å². The van der Waals surface area contributed by atoms with Gasteiger partial charge in [0.1, 0.15) is 0 Å². The van der Waals surface area contributed by atoms with Gasteiger partial charge in [0.15, 0.2) is 0 Å². The van der Waals surface area contributed by atoms with Crippen molar-refractivity contribution < 1.29 is 0 Å². The summed E-state index contributed by atoms with van der Waals surface area (Å²) in [7, 11) is 0. The van der Waals surface area contributed by atoms with E-state index in [-0.39, 0.29) is 37.2 Å². The van der Waals surface area contributed by atoms with E-state index >= 15 is 0 Å². The number of nitrogens with zero attached hydrogens (tertiary/aromatic N) is 2. The minimum atomic E-state index is 0. The van der Waals surface area contributed by atoms with E-state index in [0.717, 1.165) is 11.5 Å². The van der Waals surface area contributed by atoms with E-state index in [0.29, 0.717) is 5.54 Å². The minimum Gasteiger partial charge on any atom is -0.317 e. The number of piperazine rings is 1. The molecule has 2 heterocycles. The molecule has 2 aliphatic heterocycles. The zero-order valence-electron chi connectivity index (χ0n) is 15.7. The van der Waals surface area contributed by atoms with Gasteiger partial charge in [0.25, 0.3) is 0 Å². The van der Waals surface area contributed by atoms with Crippen LogP contribution in [0.15, 0.2) is 0 Å². The fraction of sp³-hybridized carbons (Fsp3) is 1.00. The van der Waals surface area contributed by atoms with Crippen molar-refractivity contribution in [3.05, 3.63) is 0 Å². The first-order valence-electron chi connectivity index (χ1n) is 9.18. The van der Waals surface area contributed by atoms with Crippen LogP contribution < -0.4 is 5.32 Å². The van der Waals surface area contributed by atoms with E-state index in [2.05, 4.69) is 35.9 Å². The van der Waals surface area contributed by atoms with Gasteiger partial charge >= 0.3 is 0 Å². The Labute approximate surface area is 167 Å². The number of nitrogens with one attached hydrogen (secondary N) is 1. The molecule has 3 rings (SSSR count). The van der Waals surface area contributed by atoms with Gasteiger partial charge in [-0.05, 0) is 77.8 Å². The van der Waals surface area contributed by atoms with Crippen molar-refractivity contribution in [2.45, 2.75) is 70.9 Å². The smallest absolute Gasteiger partial charge is 0.0126 e. The molecule has 0 aromatic heterocycles. The van der Waals surface area contributed by atoms with Gasteiger partial charge in [-0.15, -0.1) is 37.2 Å². The summed E-state index contributed by atoms with van der Waals surface area (Å²) in [5, 5.41) is 3.53. The fourth-order valence-electron chi connectivity index (χ4n) is 4.80. The molecule has 3 aliphatic rings. The monoisotopic (exact) mass is 401 g/mol. The van der Waals surface area contributed by atoms with Crippen molar-refractivity contribution in [2.75, 3.05) is 39.3 Å². The Bertz CT molecular complexity index is 336. The van der Waals surface area contributed by atoms with E-state index in [4.69, 9.17) is 0 Å². The third-order valence-corrected chi connectivity index (χ3v) is 6.46. The molecular weight excluding hydrogens is 365 g/mol. The summed E-state index contributed by atoms with van der Waals surface area (Å²) in [6.45, 7) is 14.7. The Morgan fingerprint density at radius 1 is 0.792 bits per heavy atom. The maximum atomic E-state index is 3.53. The second kappa shape index (κ2) is 10.2. The van der Waals surface area contributed by atoms with E-state index in [9.17, 15) is 0 Å². The van der Waals surface area contributed by atoms with Gasteiger partial charge in [-0.3, -0.25) is 9.80 Å². The summed E-state index contributed by atoms with van der Waals surface area (Å²) in [5.74, 6) is 0. The number of piperidine rings is 1. The molecule has 0 radical (unpaired) electrons. The van der Waals surface area contributed by atoms with Gasteiger partial charge in [0, 0.05) is 37.8 Å². The van der Waals surface area contributed by atoms with Crippen LogP contribution in [0.1, 0.15) is 59.3 Å². The Kier molecular flexibility index (Phi) is 10.5. The summed E-state index contributed by atoms with van der Waals surface area (Å²) in [4.78, 5) is 5.46. The Morgan fingerprint density at radius 2 is 1.29 bits per heavy atom. The third kappa shape index (κ3) is 5.89. The van der Waals surface area contributed by atoms with Gasteiger partial charge in [0.05, 0.1) is 0 Å². The van der Waals surface area contributed by atoms with E-state index in [1.54, 1.807) is 0 Å². The number of hydrogen-bond donors (Lipinski definition) is 1. The maximum absolute atomic E-state index is 3.53. The number of rotatable bonds is 1. The second-order valence-corrected chi connectivity index (χ2v) is 8.68. The molecule has 0 bridgehead atoms. The highest BCUT2D eigenvalue weighted by atomic mass is 35.5. The van der Waals surface area contributed by atoms with Crippen LogP contribution in [0.3, 0.4) is 0 Å². The Morgan fingerprint density at radius 3 is 1.75 bits per heavy atom. The lowest BCUT2D eigenvalue weighted by molar-refractivity contribution is 0.0119. The van der Waals surface area contributed by atoms with Crippen molar-refractivity contribution in [1.29, 1.82) is 0 Å². The molecule has 146 valence electrons. The number of halogens is 3. The van der Waals surface area contributed by atoms with Crippen LogP contribution in [0.2, 0.25) is 0 Å². The van der Waals surface area contributed by atoms with Crippen LogP contribution >= 0.6 is 37.2 Å². The molecule has 1 saturated carbocycles. The molecule has 1 aliphatic carbocycles. The largest absolute Gasteiger partial charge is 0.317 e. The predicted octanol–water partition coefficient (Wildman–Crippen LogP) is 3.98. The van der Waals surface area contributed by atoms with Gasteiger partial charge in [-0.1, -0.05) is 0 Å². The molecule has 24 heavy (non-hydrogen) atoms. The van der Waals surface area contributed by atoms with Gasteiger partial charge in [-0.25, -0.2) is 0 Å². The highest BCUT2D eigenvalue weighted by Crippen LogP contribution is 2.44. The second-order valence-electron chi connectivity index (χ2n) is 8.68. The summed E-state index contributed by atoms with van der Waals surface area (Å²) in [6.07, 6.45) is 8.73. The molecule has 0 amide bonds. The van der Waals surface area contributed by atoms with Crippen molar-refractivity contribution in [2.24, 2.45) is 5.41 Å². The first-order valence-corrected chi connectivity index (χ1v) is 9.18. The topological polar surface area (TPSA) is 18.5 Å². The molecular formula is C18H38Cl3N3. The average molecular weight is 403 g/mol. The highest BCUT2D eigenvalue weighted by Gasteiger charge is 2.38. The van der Waals surface area contributed by atoms with Crippen LogP contribution in [0.4, 0.5) is 0 Å². The van der Waals surface area contributed by atoms with Gasteiger partial charge in [0.2, 0.25) is 0 Å². The Balaban J connectivity index is 0.00000176. The lowest BCUT2D eigenvalue weighted by atomic mass is 9.67. The first kappa shape index (κ1) is 24.8. The predicted molar refractivity (Wildman–Crippen MR) is 111 cm³/mol. The van der Waals surface area contributed by atoms with Crippen molar-refractivity contribution >= 4 is 37.2 Å². The maximum Gasteiger partial charge on any atom is 0.0126 e. The van der Waals surface area contributed by atoms with E-state index in [1.165, 1.54) is 77.8 Å². The lowest BCUT2D eigenvalue weighted by Crippen LogP contribution is -2.56. The van der Waals surface area contributed by atoms with E-state index in [1.807, 2.05) is 0 Å². The molecule has 0 aromatic carbocycles. The van der Waals surface area contributed by atoms with Crippen LogP contribution in [0.5, 0.6) is 0 Å². The zero-order chi connectivity index (χ0) is 14.9. The average Bonchev–Trinajstić information content (AvgIpc) is 2.48. The fourth-order valence-corrected chi connectivity index (χ4v) is 4.80. The van der Waals surface area contributed by atoms with Crippen molar-refractivity contribution in [1.82, 2.24) is 15.1 Å². The molecule has 0 atom stereocenters. The van der Waals surface area contributed by atoms with Crippen LogP contribution in [-0.4, -0.2) is 60.6 Å². The highest BCUT2D eigenvalue weighted by molar-refractivity contribution is 5.86. The van der Waals surface area contributed by atoms with Crippen molar-refractivity contribution in [3.63, 3.8) is 0 Å². The minimum absolute atomic E-state index is 0. The quantitative estimate of drug-likeness (QED) is 0.715. The summed E-state index contributed by atoms with van der Waals surface area (Å²) in [6, 6.07) is 0.882. The molecule has 6 heteroatoms. The summed E-state index contributed by atoms with van der Waals surface area (Å²) < 4.78 is 0. The lowest BCUT2D eigenvalue weighted by Gasteiger charge is -2.49. The van der Waals surface area contributed by atoms with Gasteiger partial charge < -0.3 is 5.32 Å². The SMILES string of the molecule is CC(C)(C)N1CCN(C2CCC3(CCNCC3)CC2)CC1.Cl.Cl.Cl. The normalized spacial score (nSPS) is 26.1.